The molecule has 1 saturated heterocycles. The molecule has 6 nitrogen and oxygen atoms in total. The molecule has 0 saturated carbocycles. The first-order chi connectivity index (χ1) is 13.3. The molecule has 0 aromatic heterocycles. The van der Waals surface area contributed by atoms with E-state index in [0.717, 1.165) is 0 Å². The molecule has 0 bridgehead atoms. The van der Waals surface area contributed by atoms with Crippen LogP contribution in [0.2, 0.25) is 5.02 Å². The van der Waals surface area contributed by atoms with Crippen LogP contribution in [0.25, 0.3) is 0 Å². The fraction of sp³-hybridized carbons (Fsp3) is 0.316. The van der Waals surface area contributed by atoms with Crippen LogP contribution in [0.5, 0.6) is 0 Å². The van der Waals surface area contributed by atoms with Crippen LogP contribution in [0, 0.1) is 5.82 Å². The molecule has 0 aliphatic carbocycles. The van der Waals surface area contributed by atoms with Crippen LogP contribution in [-0.2, 0) is 19.5 Å². The van der Waals surface area contributed by atoms with Gasteiger partial charge >= 0.3 is 5.97 Å². The second kappa shape index (κ2) is 8.57. The van der Waals surface area contributed by atoms with E-state index >= 15 is 0 Å². The fourth-order valence-corrected chi connectivity index (χ4v) is 4.72. The number of benzene rings is 2. The van der Waals surface area contributed by atoms with E-state index in [2.05, 4.69) is 0 Å². The van der Waals surface area contributed by atoms with Gasteiger partial charge in [0.15, 0.2) is 0 Å². The van der Waals surface area contributed by atoms with Crippen molar-refractivity contribution in [3.05, 3.63) is 64.4 Å². The van der Waals surface area contributed by atoms with Gasteiger partial charge in [0.2, 0.25) is 10.0 Å². The molecule has 0 radical (unpaired) electrons. The molecule has 150 valence electrons. The van der Waals surface area contributed by atoms with E-state index < -0.39 is 27.9 Å². The molecular weight excluding hydrogens is 409 g/mol. The van der Waals surface area contributed by atoms with Gasteiger partial charge < -0.3 is 9.47 Å². The first kappa shape index (κ1) is 20.7. The Hall–Kier alpha value is -2.00. The zero-order valence-electron chi connectivity index (χ0n) is 15.1. The van der Waals surface area contributed by atoms with Crippen molar-refractivity contribution in [2.75, 3.05) is 26.3 Å². The number of halogens is 2. The maximum absolute atomic E-state index is 13.4. The Morgan fingerprint density at radius 1 is 1.21 bits per heavy atom. The number of esters is 1. The topological polar surface area (TPSA) is 72.9 Å². The van der Waals surface area contributed by atoms with E-state index in [-0.39, 0.29) is 28.6 Å². The molecule has 0 spiro atoms. The first-order valence-corrected chi connectivity index (χ1v) is 10.4. The molecule has 0 unspecified atom stereocenters. The van der Waals surface area contributed by atoms with E-state index in [4.69, 9.17) is 21.1 Å². The van der Waals surface area contributed by atoms with Gasteiger partial charge in [0.05, 0.1) is 23.8 Å². The lowest BCUT2D eigenvalue weighted by molar-refractivity contribution is 0.0337. The largest absolute Gasteiger partial charge is 0.454 e. The Labute approximate surface area is 167 Å². The van der Waals surface area contributed by atoms with E-state index in [9.17, 15) is 17.6 Å². The molecule has 3 rings (SSSR count). The average molecular weight is 428 g/mol. The van der Waals surface area contributed by atoms with Gasteiger partial charge in [0.25, 0.3) is 0 Å². The van der Waals surface area contributed by atoms with E-state index in [1.54, 1.807) is 13.0 Å². The highest BCUT2D eigenvalue weighted by molar-refractivity contribution is 7.89. The molecule has 1 atom stereocenters. The van der Waals surface area contributed by atoms with Gasteiger partial charge in [-0.05, 0) is 42.8 Å². The van der Waals surface area contributed by atoms with Crippen LogP contribution in [-0.4, -0.2) is 45.0 Å². The number of rotatable bonds is 5. The number of sulfonamides is 1. The quantitative estimate of drug-likeness (QED) is 0.683. The molecule has 2 aromatic rings. The minimum Gasteiger partial charge on any atom is -0.454 e. The summed E-state index contributed by atoms with van der Waals surface area (Å²) in [5.41, 5.74) is 0.531. The maximum Gasteiger partial charge on any atom is 0.338 e. The van der Waals surface area contributed by atoms with Gasteiger partial charge in [-0.1, -0.05) is 23.7 Å². The van der Waals surface area contributed by atoms with Crippen LogP contribution < -0.4 is 0 Å². The normalized spacial score (nSPS) is 16.5. The Balaban J connectivity index is 1.83. The summed E-state index contributed by atoms with van der Waals surface area (Å²) in [4.78, 5) is 12.3. The zero-order valence-corrected chi connectivity index (χ0v) is 16.7. The summed E-state index contributed by atoms with van der Waals surface area (Å²) in [5, 5.41) is 0.0150. The predicted molar refractivity (Wildman–Crippen MR) is 101 cm³/mol. The van der Waals surface area contributed by atoms with Crippen LogP contribution in [0.1, 0.15) is 28.9 Å². The Bertz CT molecular complexity index is 976. The van der Waals surface area contributed by atoms with Gasteiger partial charge in [0, 0.05) is 13.1 Å². The van der Waals surface area contributed by atoms with Crippen molar-refractivity contribution in [1.29, 1.82) is 0 Å². The summed E-state index contributed by atoms with van der Waals surface area (Å²) in [6.07, 6.45) is -0.710. The third kappa shape index (κ3) is 4.52. The zero-order chi connectivity index (χ0) is 20.3. The Kier molecular flexibility index (Phi) is 6.34. The standard InChI is InChI=1S/C19H19ClFNO5S/c1-13(14-3-2-4-16(21)11-14)27-19(23)15-5-6-17(20)18(12-15)28(24,25)22-7-9-26-10-8-22/h2-6,11-13H,7-10H2,1H3/t13-/m0/s1. The summed E-state index contributed by atoms with van der Waals surface area (Å²) in [6, 6.07) is 9.66. The van der Waals surface area contributed by atoms with Gasteiger partial charge in [0.1, 0.15) is 16.8 Å². The average Bonchev–Trinajstić information content (AvgIpc) is 2.68. The number of carbonyl (C=O) groups is 1. The highest BCUT2D eigenvalue weighted by atomic mass is 35.5. The van der Waals surface area contributed by atoms with Crippen molar-refractivity contribution in [2.24, 2.45) is 0 Å². The molecule has 9 heteroatoms. The van der Waals surface area contributed by atoms with E-state index in [1.165, 1.54) is 40.7 Å². The molecular formula is C19H19ClFNO5S. The summed E-state index contributed by atoms with van der Waals surface area (Å²) in [7, 11) is -3.87. The van der Waals surface area contributed by atoms with Crippen molar-refractivity contribution >= 4 is 27.6 Å². The Morgan fingerprint density at radius 3 is 2.61 bits per heavy atom. The van der Waals surface area contributed by atoms with Crippen molar-refractivity contribution < 1.29 is 27.1 Å². The number of ether oxygens (including phenoxy) is 2. The fourth-order valence-electron chi connectivity index (χ4n) is 2.81. The highest BCUT2D eigenvalue weighted by Gasteiger charge is 2.29. The lowest BCUT2D eigenvalue weighted by Crippen LogP contribution is -2.40. The molecule has 1 heterocycles. The number of hydrogen-bond donors (Lipinski definition) is 0. The van der Waals surface area contributed by atoms with Crippen molar-refractivity contribution in [3.8, 4) is 0 Å². The summed E-state index contributed by atoms with van der Waals surface area (Å²) in [6.45, 7) is 2.62. The molecule has 2 aromatic carbocycles. The molecule has 0 N–H and O–H groups in total. The lowest BCUT2D eigenvalue weighted by Gasteiger charge is -2.26. The lowest BCUT2D eigenvalue weighted by atomic mass is 10.1. The molecule has 28 heavy (non-hydrogen) atoms. The van der Waals surface area contributed by atoms with Crippen LogP contribution in [0.3, 0.4) is 0 Å². The molecule has 1 aliphatic heterocycles. The molecule has 0 amide bonds. The highest BCUT2D eigenvalue weighted by Crippen LogP contribution is 2.28. The third-order valence-electron chi connectivity index (χ3n) is 4.36. The smallest absolute Gasteiger partial charge is 0.338 e. The van der Waals surface area contributed by atoms with Gasteiger partial charge in [-0.3, -0.25) is 0 Å². The number of hydrogen-bond acceptors (Lipinski definition) is 5. The summed E-state index contributed by atoms with van der Waals surface area (Å²) >= 11 is 6.09. The molecule has 1 fully saturated rings. The second-order valence-corrected chi connectivity index (χ2v) is 8.58. The van der Waals surface area contributed by atoms with Gasteiger partial charge in [-0.2, -0.15) is 4.31 Å². The van der Waals surface area contributed by atoms with E-state index in [0.29, 0.717) is 18.8 Å². The first-order valence-electron chi connectivity index (χ1n) is 8.63. The van der Waals surface area contributed by atoms with Crippen molar-refractivity contribution in [2.45, 2.75) is 17.9 Å². The van der Waals surface area contributed by atoms with Gasteiger partial charge in [-0.15, -0.1) is 0 Å². The van der Waals surface area contributed by atoms with Crippen LogP contribution >= 0.6 is 11.6 Å². The van der Waals surface area contributed by atoms with Gasteiger partial charge in [-0.25, -0.2) is 17.6 Å². The van der Waals surface area contributed by atoms with Crippen LogP contribution in [0.4, 0.5) is 4.39 Å². The predicted octanol–water partition coefficient (Wildman–Crippen LogP) is 3.42. The minimum absolute atomic E-state index is 0.0150. The number of carbonyl (C=O) groups excluding carboxylic acids is 1. The number of morpholine rings is 1. The monoisotopic (exact) mass is 427 g/mol. The summed E-state index contributed by atoms with van der Waals surface area (Å²) < 4.78 is 50.9. The van der Waals surface area contributed by atoms with E-state index in [1.807, 2.05) is 0 Å². The van der Waals surface area contributed by atoms with Crippen molar-refractivity contribution in [1.82, 2.24) is 4.31 Å². The SMILES string of the molecule is C[C@H](OC(=O)c1ccc(Cl)c(S(=O)(=O)N2CCOCC2)c1)c1cccc(F)c1. The Morgan fingerprint density at radius 2 is 1.93 bits per heavy atom. The second-order valence-electron chi connectivity index (χ2n) is 6.26. The third-order valence-corrected chi connectivity index (χ3v) is 6.74. The summed E-state index contributed by atoms with van der Waals surface area (Å²) in [5.74, 6) is -1.17. The number of nitrogens with zero attached hydrogens (tertiary/aromatic N) is 1. The van der Waals surface area contributed by atoms with Crippen LogP contribution in [0.15, 0.2) is 47.4 Å². The maximum atomic E-state index is 13.4. The van der Waals surface area contributed by atoms with Crippen molar-refractivity contribution in [3.63, 3.8) is 0 Å². The molecule has 1 aliphatic rings. The minimum atomic E-state index is -3.87.